The summed E-state index contributed by atoms with van der Waals surface area (Å²) in [6.07, 6.45) is 0. The van der Waals surface area contributed by atoms with Crippen LogP contribution in [0.1, 0.15) is 30.4 Å². The van der Waals surface area contributed by atoms with Crippen LogP contribution in [0.3, 0.4) is 0 Å². The van der Waals surface area contributed by atoms with Crippen molar-refractivity contribution in [1.82, 2.24) is 9.88 Å². The first kappa shape index (κ1) is 21.0. The first-order valence-corrected chi connectivity index (χ1v) is 11.4. The molecule has 2 aromatic heterocycles. The molecule has 0 atom stereocenters. The van der Waals surface area contributed by atoms with E-state index in [2.05, 4.69) is 18.7 Å². The number of amides is 1. The molecule has 2 heterocycles. The van der Waals surface area contributed by atoms with E-state index in [0.29, 0.717) is 27.5 Å². The molecule has 0 fully saturated rings. The number of thiazole rings is 1. The number of hydrogen-bond donors (Lipinski definition) is 0. The number of nitrogens with zero attached hydrogens (tertiary/aromatic N) is 3. The normalized spacial score (nSPS) is 11.3. The fourth-order valence-corrected chi connectivity index (χ4v) is 4.93. The van der Waals surface area contributed by atoms with Crippen molar-refractivity contribution in [3.63, 3.8) is 0 Å². The first-order valence-electron chi connectivity index (χ1n) is 9.39. The van der Waals surface area contributed by atoms with Gasteiger partial charge in [-0.2, -0.15) is 0 Å². The molecule has 0 saturated heterocycles. The highest BCUT2D eigenvalue weighted by Gasteiger charge is 2.24. The van der Waals surface area contributed by atoms with E-state index >= 15 is 0 Å². The Kier molecular flexibility index (Phi) is 7.29. The zero-order valence-electron chi connectivity index (χ0n) is 16.3. The molecule has 0 spiro atoms. The Morgan fingerprint density at radius 1 is 1.11 bits per heavy atom. The molecule has 3 rings (SSSR count). The number of benzene rings is 1. The standard InChI is InChI=1S/C20H24ClN3O2S2/c1-4-23(5-2)12-13-24(19(25)16-10-11-17(21)27-16)20-22-18-14(26-6-3)8-7-9-15(18)28-20/h7-11H,4-6,12-13H2,1-3H3. The van der Waals surface area contributed by atoms with Crippen molar-refractivity contribution < 1.29 is 9.53 Å². The zero-order chi connectivity index (χ0) is 20.1. The van der Waals surface area contributed by atoms with Gasteiger partial charge in [0.15, 0.2) is 5.13 Å². The van der Waals surface area contributed by atoms with Crippen LogP contribution in [0.5, 0.6) is 5.75 Å². The third kappa shape index (κ3) is 4.66. The number of fused-ring (bicyclic) bond motifs is 1. The number of carbonyl (C=O) groups excluding carboxylic acids is 1. The molecule has 0 N–H and O–H groups in total. The van der Waals surface area contributed by atoms with Crippen molar-refractivity contribution in [2.45, 2.75) is 20.8 Å². The lowest BCUT2D eigenvalue weighted by Crippen LogP contribution is -2.38. The highest BCUT2D eigenvalue weighted by atomic mass is 35.5. The number of ether oxygens (including phenoxy) is 1. The predicted molar refractivity (Wildman–Crippen MR) is 120 cm³/mol. The van der Waals surface area contributed by atoms with E-state index in [1.807, 2.05) is 25.1 Å². The monoisotopic (exact) mass is 437 g/mol. The van der Waals surface area contributed by atoms with Crippen LogP contribution in [0, 0.1) is 0 Å². The molecule has 150 valence electrons. The number of rotatable bonds is 9. The van der Waals surface area contributed by atoms with Crippen LogP contribution in [0.25, 0.3) is 10.2 Å². The number of halogens is 1. The predicted octanol–water partition coefficient (Wildman–Crippen LogP) is 5.40. The summed E-state index contributed by atoms with van der Waals surface area (Å²) >= 11 is 8.86. The molecule has 0 aliphatic rings. The minimum absolute atomic E-state index is 0.0685. The minimum atomic E-state index is -0.0685. The van der Waals surface area contributed by atoms with Crippen molar-refractivity contribution in [2.75, 3.05) is 37.7 Å². The SMILES string of the molecule is CCOc1cccc2sc(N(CCN(CC)CC)C(=O)c3ccc(Cl)s3)nc12. The van der Waals surface area contributed by atoms with E-state index in [1.54, 1.807) is 17.0 Å². The topological polar surface area (TPSA) is 45.7 Å². The molecule has 28 heavy (non-hydrogen) atoms. The number of aromatic nitrogens is 1. The summed E-state index contributed by atoms with van der Waals surface area (Å²) in [4.78, 5) is 22.7. The minimum Gasteiger partial charge on any atom is -0.492 e. The Bertz CT molecular complexity index is 937. The van der Waals surface area contributed by atoms with Crippen LogP contribution in [0.15, 0.2) is 30.3 Å². The van der Waals surface area contributed by atoms with Gasteiger partial charge in [-0.25, -0.2) is 4.98 Å². The van der Waals surface area contributed by atoms with Gasteiger partial charge in [-0.3, -0.25) is 9.69 Å². The zero-order valence-corrected chi connectivity index (χ0v) is 18.7. The van der Waals surface area contributed by atoms with Gasteiger partial charge in [-0.1, -0.05) is 42.9 Å². The summed E-state index contributed by atoms with van der Waals surface area (Å²) < 4.78 is 7.32. The summed E-state index contributed by atoms with van der Waals surface area (Å²) in [6, 6.07) is 9.41. The second-order valence-electron chi connectivity index (χ2n) is 6.12. The maximum atomic E-state index is 13.2. The maximum Gasteiger partial charge on any atom is 0.270 e. The number of anilines is 1. The average molecular weight is 438 g/mol. The van der Waals surface area contributed by atoms with E-state index in [-0.39, 0.29) is 5.91 Å². The Morgan fingerprint density at radius 3 is 2.54 bits per heavy atom. The van der Waals surface area contributed by atoms with Crippen molar-refractivity contribution in [3.05, 3.63) is 39.5 Å². The van der Waals surface area contributed by atoms with Crippen LogP contribution in [-0.2, 0) is 0 Å². The second kappa shape index (κ2) is 9.69. The van der Waals surface area contributed by atoms with Crippen LogP contribution in [0.2, 0.25) is 4.34 Å². The molecule has 5 nitrogen and oxygen atoms in total. The number of carbonyl (C=O) groups is 1. The molecule has 0 aliphatic heterocycles. The van der Waals surface area contributed by atoms with Crippen molar-refractivity contribution in [1.29, 1.82) is 0 Å². The number of thiophene rings is 1. The van der Waals surface area contributed by atoms with Gasteiger partial charge in [-0.05, 0) is 44.3 Å². The molecule has 0 saturated carbocycles. The average Bonchev–Trinajstić information content (AvgIpc) is 3.32. The summed E-state index contributed by atoms with van der Waals surface area (Å²) in [7, 11) is 0. The lowest BCUT2D eigenvalue weighted by atomic mass is 10.3. The molecular formula is C20H24ClN3O2S2. The van der Waals surface area contributed by atoms with Gasteiger partial charge in [0, 0.05) is 13.1 Å². The van der Waals surface area contributed by atoms with Gasteiger partial charge in [0.25, 0.3) is 5.91 Å². The van der Waals surface area contributed by atoms with Crippen LogP contribution < -0.4 is 9.64 Å². The molecule has 8 heteroatoms. The molecular weight excluding hydrogens is 414 g/mol. The smallest absolute Gasteiger partial charge is 0.270 e. The first-order chi connectivity index (χ1) is 13.6. The van der Waals surface area contributed by atoms with E-state index in [9.17, 15) is 4.79 Å². The Morgan fingerprint density at radius 2 is 1.89 bits per heavy atom. The van der Waals surface area contributed by atoms with E-state index in [1.165, 1.54) is 22.7 Å². The molecule has 0 aliphatic carbocycles. The van der Waals surface area contributed by atoms with Crippen molar-refractivity contribution in [3.8, 4) is 5.75 Å². The van der Waals surface area contributed by atoms with Crippen LogP contribution in [0.4, 0.5) is 5.13 Å². The third-order valence-electron chi connectivity index (χ3n) is 4.46. The number of para-hydroxylation sites is 1. The molecule has 0 unspecified atom stereocenters. The van der Waals surface area contributed by atoms with Gasteiger partial charge < -0.3 is 9.64 Å². The van der Waals surface area contributed by atoms with Gasteiger partial charge in [0.05, 0.1) is 20.5 Å². The molecule has 1 amide bonds. The lowest BCUT2D eigenvalue weighted by molar-refractivity contribution is 0.0987. The summed E-state index contributed by atoms with van der Waals surface area (Å²) in [5.41, 5.74) is 0.800. The van der Waals surface area contributed by atoms with Crippen LogP contribution >= 0.6 is 34.3 Å². The molecule has 1 aromatic carbocycles. The van der Waals surface area contributed by atoms with Gasteiger partial charge in [0.1, 0.15) is 11.3 Å². The fourth-order valence-electron chi connectivity index (χ4n) is 2.93. The summed E-state index contributed by atoms with van der Waals surface area (Å²) in [6.45, 7) is 10.0. The van der Waals surface area contributed by atoms with Crippen LogP contribution in [-0.4, -0.2) is 48.6 Å². The fraction of sp³-hybridized carbons (Fsp3) is 0.400. The largest absolute Gasteiger partial charge is 0.492 e. The third-order valence-corrected chi connectivity index (χ3v) is 6.73. The molecule has 3 aromatic rings. The van der Waals surface area contributed by atoms with Gasteiger partial charge in [0.2, 0.25) is 0 Å². The Hall–Kier alpha value is -1.67. The highest BCUT2D eigenvalue weighted by molar-refractivity contribution is 7.22. The van der Waals surface area contributed by atoms with E-state index < -0.39 is 0 Å². The van der Waals surface area contributed by atoms with E-state index in [0.717, 1.165) is 35.6 Å². The van der Waals surface area contributed by atoms with E-state index in [4.69, 9.17) is 21.3 Å². The maximum absolute atomic E-state index is 13.2. The second-order valence-corrected chi connectivity index (χ2v) is 8.84. The number of hydrogen-bond acceptors (Lipinski definition) is 6. The summed E-state index contributed by atoms with van der Waals surface area (Å²) in [5, 5.41) is 0.684. The van der Waals surface area contributed by atoms with Crippen molar-refractivity contribution >= 4 is 55.5 Å². The number of likely N-dealkylation sites (N-methyl/N-ethyl adjacent to an activating group) is 1. The quantitative estimate of drug-likeness (QED) is 0.449. The van der Waals surface area contributed by atoms with Gasteiger partial charge in [-0.15, -0.1) is 11.3 Å². The Labute approximate surface area is 178 Å². The Balaban J connectivity index is 1.96. The van der Waals surface area contributed by atoms with Gasteiger partial charge >= 0.3 is 0 Å². The highest BCUT2D eigenvalue weighted by Crippen LogP contribution is 2.35. The molecule has 0 radical (unpaired) electrons. The lowest BCUT2D eigenvalue weighted by Gasteiger charge is -2.24. The summed E-state index contributed by atoms with van der Waals surface area (Å²) in [5.74, 6) is 0.680. The molecule has 0 bridgehead atoms. The van der Waals surface area contributed by atoms with Crippen molar-refractivity contribution in [2.24, 2.45) is 0 Å².